The number of aliphatic imine (C=N–C) groups is 1. The lowest BCUT2D eigenvalue weighted by molar-refractivity contribution is -0.160. The fraction of sp³-hybridized carbons (Fsp3) is 0.462. The molecule has 4 heteroatoms. The number of aliphatic hydroxyl groups excluding tert-OH is 1. The monoisotopic (exact) mass is 407 g/mol. The zero-order valence-electron chi connectivity index (χ0n) is 18.3. The Bertz CT molecular complexity index is 792. The number of carbonyl (C=O) groups is 1. The molecule has 1 aliphatic carbocycles. The van der Waals surface area contributed by atoms with Gasteiger partial charge in [-0.2, -0.15) is 0 Å². The average Bonchev–Trinajstić information content (AvgIpc) is 2.74. The molecule has 1 N–H and O–H groups in total. The molecule has 1 aliphatic rings. The van der Waals surface area contributed by atoms with Crippen LogP contribution in [0.5, 0.6) is 0 Å². The number of rotatable bonds is 6. The first kappa shape index (κ1) is 22.2. The molecule has 0 radical (unpaired) electrons. The molecule has 30 heavy (non-hydrogen) atoms. The predicted molar refractivity (Wildman–Crippen MR) is 121 cm³/mol. The van der Waals surface area contributed by atoms with Gasteiger partial charge < -0.3 is 9.84 Å². The van der Waals surface area contributed by atoms with Crippen LogP contribution in [0.3, 0.4) is 0 Å². The highest BCUT2D eigenvalue weighted by Crippen LogP contribution is 2.30. The number of hydrogen-bond donors (Lipinski definition) is 1. The highest BCUT2D eigenvalue weighted by Gasteiger charge is 2.36. The first-order valence-corrected chi connectivity index (χ1v) is 10.9. The largest absolute Gasteiger partial charge is 0.458 e. The summed E-state index contributed by atoms with van der Waals surface area (Å²) in [6.45, 7) is 5.52. The smallest absolute Gasteiger partial charge is 0.334 e. The Hall–Kier alpha value is -2.46. The topological polar surface area (TPSA) is 58.9 Å². The fourth-order valence-corrected chi connectivity index (χ4v) is 4.01. The molecule has 2 aromatic carbocycles. The second-order valence-corrected chi connectivity index (χ2v) is 9.08. The molecule has 0 unspecified atom stereocenters. The predicted octanol–water partition coefficient (Wildman–Crippen LogP) is 5.18. The molecular formula is C26H33NO3. The van der Waals surface area contributed by atoms with Crippen molar-refractivity contribution >= 4 is 11.7 Å². The van der Waals surface area contributed by atoms with Crippen molar-refractivity contribution in [1.29, 1.82) is 0 Å². The summed E-state index contributed by atoms with van der Waals surface area (Å²) >= 11 is 0. The molecule has 2 aromatic rings. The molecule has 0 heterocycles. The third kappa shape index (κ3) is 6.02. The Kier molecular flexibility index (Phi) is 7.43. The maximum atomic E-state index is 13.2. The number of esters is 1. The molecule has 3 rings (SSSR count). The second kappa shape index (κ2) is 10.0. The van der Waals surface area contributed by atoms with Gasteiger partial charge in [0.05, 0.1) is 11.8 Å². The minimum atomic E-state index is -0.956. The molecule has 2 atom stereocenters. The summed E-state index contributed by atoms with van der Waals surface area (Å²) in [7, 11) is 0. The summed E-state index contributed by atoms with van der Waals surface area (Å²) in [4.78, 5) is 18.0. The van der Waals surface area contributed by atoms with Crippen LogP contribution in [-0.4, -0.2) is 34.5 Å². The molecular weight excluding hydrogens is 374 g/mol. The van der Waals surface area contributed by atoms with Gasteiger partial charge in [0.25, 0.3) is 0 Å². The van der Waals surface area contributed by atoms with Crippen LogP contribution in [0.15, 0.2) is 65.7 Å². The zero-order chi connectivity index (χ0) is 21.6. The molecule has 4 nitrogen and oxygen atoms in total. The van der Waals surface area contributed by atoms with Gasteiger partial charge >= 0.3 is 5.97 Å². The van der Waals surface area contributed by atoms with Crippen LogP contribution >= 0.6 is 0 Å². The molecule has 1 fully saturated rings. The van der Waals surface area contributed by atoms with Crippen LogP contribution in [-0.2, 0) is 9.53 Å². The van der Waals surface area contributed by atoms with Crippen molar-refractivity contribution in [3.63, 3.8) is 0 Å². The van der Waals surface area contributed by atoms with E-state index in [-0.39, 0.29) is 5.92 Å². The van der Waals surface area contributed by atoms with Crippen LogP contribution in [0.25, 0.3) is 0 Å². The van der Waals surface area contributed by atoms with Gasteiger partial charge in [-0.1, -0.05) is 79.9 Å². The molecule has 0 saturated heterocycles. The number of carbonyl (C=O) groups excluding carboxylic acids is 1. The van der Waals surface area contributed by atoms with Crippen LogP contribution in [0.1, 0.15) is 64.0 Å². The van der Waals surface area contributed by atoms with Gasteiger partial charge in [-0.25, -0.2) is 4.79 Å². The lowest BCUT2D eigenvalue weighted by Crippen LogP contribution is -2.43. The molecule has 0 aromatic heterocycles. The fourth-order valence-electron chi connectivity index (χ4n) is 4.01. The highest BCUT2D eigenvalue weighted by atomic mass is 16.6. The Morgan fingerprint density at radius 1 is 0.933 bits per heavy atom. The second-order valence-electron chi connectivity index (χ2n) is 9.08. The Morgan fingerprint density at radius 2 is 1.43 bits per heavy atom. The standard InChI is InChI=1S/C26H33NO3/c1-26(2,3)30-25(29)23(24(28)21-17-11-6-12-18-21)27-22(19-13-7-4-8-14-19)20-15-9-5-10-16-20/h4-5,7-10,13-16,21,23-24,28H,6,11-12,17-18H2,1-3H3/t23-,24-/m1/s1. The summed E-state index contributed by atoms with van der Waals surface area (Å²) in [6, 6.07) is 18.7. The third-order valence-corrected chi connectivity index (χ3v) is 5.47. The maximum absolute atomic E-state index is 13.2. The summed E-state index contributed by atoms with van der Waals surface area (Å²) in [5.74, 6) is -0.405. The van der Waals surface area contributed by atoms with E-state index in [0.717, 1.165) is 36.8 Å². The van der Waals surface area contributed by atoms with E-state index < -0.39 is 23.7 Å². The maximum Gasteiger partial charge on any atom is 0.334 e. The lowest BCUT2D eigenvalue weighted by Gasteiger charge is -2.31. The van der Waals surface area contributed by atoms with Crippen LogP contribution in [0.2, 0.25) is 0 Å². The van der Waals surface area contributed by atoms with Crippen molar-refractivity contribution in [1.82, 2.24) is 0 Å². The van der Waals surface area contributed by atoms with E-state index in [0.29, 0.717) is 5.71 Å². The average molecular weight is 408 g/mol. The summed E-state index contributed by atoms with van der Waals surface area (Å²) in [5.41, 5.74) is 1.87. The minimum Gasteiger partial charge on any atom is -0.458 e. The summed E-state index contributed by atoms with van der Waals surface area (Å²) in [5, 5.41) is 11.2. The quantitative estimate of drug-likeness (QED) is 0.530. The number of aliphatic hydroxyl groups is 1. The molecule has 0 amide bonds. The highest BCUT2D eigenvalue weighted by molar-refractivity contribution is 6.13. The minimum absolute atomic E-state index is 0.0628. The number of nitrogens with zero attached hydrogens (tertiary/aromatic N) is 1. The van der Waals surface area contributed by atoms with E-state index in [1.54, 1.807) is 0 Å². The normalized spacial score (nSPS) is 17.1. The Morgan fingerprint density at radius 3 is 1.90 bits per heavy atom. The SMILES string of the molecule is CC(C)(C)OC(=O)[C@H](N=C(c1ccccc1)c1ccccc1)[C@H](O)C1CCCCC1. The van der Waals surface area contributed by atoms with E-state index in [2.05, 4.69) is 0 Å². The molecule has 1 saturated carbocycles. The van der Waals surface area contributed by atoms with Crippen LogP contribution in [0.4, 0.5) is 0 Å². The summed E-state index contributed by atoms with van der Waals surface area (Å²) in [6.07, 6.45) is 4.32. The van der Waals surface area contributed by atoms with Gasteiger partial charge in [0.15, 0.2) is 6.04 Å². The van der Waals surface area contributed by atoms with E-state index in [9.17, 15) is 9.90 Å². The van der Waals surface area contributed by atoms with E-state index in [4.69, 9.17) is 9.73 Å². The molecule has 0 bridgehead atoms. The van der Waals surface area contributed by atoms with E-state index in [1.807, 2.05) is 81.4 Å². The zero-order valence-corrected chi connectivity index (χ0v) is 18.3. The lowest BCUT2D eigenvalue weighted by atomic mass is 9.82. The van der Waals surface area contributed by atoms with E-state index in [1.165, 1.54) is 6.42 Å². The first-order valence-electron chi connectivity index (χ1n) is 10.9. The van der Waals surface area contributed by atoms with E-state index >= 15 is 0 Å². The van der Waals surface area contributed by atoms with Crippen LogP contribution < -0.4 is 0 Å². The van der Waals surface area contributed by atoms with Crippen molar-refractivity contribution in [3.8, 4) is 0 Å². The van der Waals surface area contributed by atoms with Crippen molar-refractivity contribution in [2.24, 2.45) is 10.9 Å². The Balaban J connectivity index is 2.04. The summed E-state index contributed by atoms with van der Waals surface area (Å²) < 4.78 is 5.68. The van der Waals surface area contributed by atoms with Crippen molar-refractivity contribution in [2.45, 2.75) is 70.6 Å². The number of ether oxygens (including phenoxy) is 1. The Labute approximate surface area is 180 Å². The number of hydrogen-bond acceptors (Lipinski definition) is 4. The van der Waals surface area contributed by atoms with Crippen molar-refractivity contribution in [3.05, 3.63) is 71.8 Å². The molecule has 160 valence electrons. The third-order valence-electron chi connectivity index (χ3n) is 5.47. The van der Waals surface area contributed by atoms with Gasteiger partial charge in [0, 0.05) is 11.1 Å². The van der Waals surface area contributed by atoms with Crippen molar-refractivity contribution < 1.29 is 14.6 Å². The van der Waals surface area contributed by atoms with Crippen LogP contribution in [0, 0.1) is 5.92 Å². The molecule has 0 spiro atoms. The van der Waals surface area contributed by atoms with Gasteiger partial charge in [-0.3, -0.25) is 4.99 Å². The number of benzene rings is 2. The van der Waals surface area contributed by atoms with Crippen molar-refractivity contribution in [2.75, 3.05) is 0 Å². The van der Waals surface area contributed by atoms with Gasteiger partial charge in [-0.15, -0.1) is 0 Å². The van der Waals surface area contributed by atoms with Gasteiger partial charge in [0.2, 0.25) is 0 Å². The van der Waals surface area contributed by atoms with Gasteiger partial charge in [-0.05, 0) is 39.5 Å². The van der Waals surface area contributed by atoms with Gasteiger partial charge in [0.1, 0.15) is 5.60 Å². The first-order chi connectivity index (χ1) is 14.3. The molecule has 0 aliphatic heterocycles.